The molecule has 0 atom stereocenters. The first kappa shape index (κ1) is 18.7. The van der Waals surface area contributed by atoms with Gasteiger partial charge in [-0.1, -0.05) is 66.7 Å². The maximum atomic E-state index is 12.8. The Balaban J connectivity index is 0.00000225. The van der Waals surface area contributed by atoms with Gasteiger partial charge in [0.15, 0.2) is 0 Å². The highest BCUT2D eigenvalue weighted by Gasteiger charge is 2.17. The summed E-state index contributed by atoms with van der Waals surface area (Å²) >= 11 is 0. The molecule has 0 saturated heterocycles. The van der Waals surface area contributed by atoms with E-state index in [-0.39, 0.29) is 24.9 Å². The molecule has 0 heterocycles. The molecule has 0 aliphatic heterocycles. The van der Waals surface area contributed by atoms with Gasteiger partial charge in [-0.2, -0.15) is 0 Å². The molecule has 128 valence electrons. The minimum Gasteiger partial charge on any atom is -0.304 e. The summed E-state index contributed by atoms with van der Waals surface area (Å²) in [4.78, 5) is 14.5. The summed E-state index contributed by atoms with van der Waals surface area (Å²) in [5.74, 6) is 0.0170. The van der Waals surface area contributed by atoms with Gasteiger partial charge in [-0.3, -0.25) is 9.69 Å². The van der Waals surface area contributed by atoms with Crippen LogP contribution in [0.1, 0.15) is 5.56 Å². The monoisotopic (exact) mass is 352 g/mol. The standard InChI is InChI=1S/C21H20N2O.ClH/c24-21(17-22-16-18-10-4-1-5-11-18)23(19-12-6-2-7-13-19)20-14-8-3-9-15-20;/h1-15,22H,16-17H2;1H. The molecule has 3 aromatic rings. The molecule has 1 N–H and O–H groups in total. The molecule has 0 radical (unpaired) electrons. The van der Waals surface area contributed by atoms with Crippen molar-refractivity contribution in [2.75, 3.05) is 11.4 Å². The van der Waals surface area contributed by atoms with Crippen molar-refractivity contribution in [3.05, 3.63) is 96.6 Å². The van der Waals surface area contributed by atoms with Crippen LogP contribution in [-0.4, -0.2) is 12.5 Å². The first-order valence-electron chi connectivity index (χ1n) is 8.02. The van der Waals surface area contributed by atoms with Crippen LogP contribution in [0, 0.1) is 0 Å². The van der Waals surface area contributed by atoms with E-state index < -0.39 is 0 Å². The zero-order valence-electron chi connectivity index (χ0n) is 13.8. The lowest BCUT2D eigenvalue weighted by Gasteiger charge is -2.23. The fourth-order valence-corrected chi connectivity index (χ4v) is 2.58. The third-order valence-corrected chi connectivity index (χ3v) is 3.73. The third-order valence-electron chi connectivity index (χ3n) is 3.73. The van der Waals surface area contributed by atoms with E-state index in [4.69, 9.17) is 0 Å². The lowest BCUT2D eigenvalue weighted by atomic mass is 10.2. The number of rotatable bonds is 6. The van der Waals surface area contributed by atoms with Crippen LogP contribution in [0.4, 0.5) is 11.4 Å². The number of amides is 1. The molecule has 4 heteroatoms. The normalized spacial score (nSPS) is 9.92. The molecule has 0 saturated carbocycles. The topological polar surface area (TPSA) is 32.3 Å². The van der Waals surface area contributed by atoms with Gasteiger partial charge in [-0.05, 0) is 29.8 Å². The number of anilines is 2. The molecule has 0 aromatic heterocycles. The SMILES string of the molecule is Cl.O=C(CNCc1ccccc1)N(c1ccccc1)c1ccccc1. The summed E-state index contributed by atoms with van der Waals surface area (Å²) in [5, 5.41) is 3.23. The Morgan fingerprint density at radius 2 is 1.16 bits per heavy atom. The zero-order chi connectivity index (χ0) is 16.6. The van der Waals surface area contributed by atoms with E-state index in [0.717, 1.165) is 16.9 Å². The van der Waals surface area contributed by atoms with Gasteiger partial charge in [0.05, 0.1) is 6.54 Å². The minimum absolute atomic E-state index is 0. The Bertz CT molecular complexity index is 724. The second-order valence-corrected chi connectivity index (χ2v) is 5.49. The number of carbonyl (C=O) groups excluding carboxylic acids is 1. The fraction of sp³-hybridized carbons (Fsp3) is 0.0952. The average Bonchev–Trinajstić information content (AvgIpc) is 2.65. The predicted molar refractivity (Wildman–Crippen MR) is 105 cm³/mol. The number of hydrogen-bond acceptors (Lipinski definition) is 2. The van der Waals surface area contributed by atoms with Gasteiger partial charge in [-0.15, -0.1) is 12.4 Å². The number of benzene rings is 3. The van der Waals surface area contributed by atoms with Gasteiger partial charge in [0, 0.05) is 17.9 Å². The van der Waals surface area contributed by atoms with Crippen molar-refractivity contribution < 1.29 is 4.79 Å². The molecule has 25 heavy (non-hydrogen) atoms. The fourth-order valence-electron chi connectivity index (χ4n) is 2.58. The van der Waals surface area contributed by atoms with Crippen LogP contribution in [0.3, 0.4) is 0 Å². The van der Waals surface area contributed by atoms with Gasteiger partial charge in [-0.25, -0.2) is 0 Å². The van der Waals surface area contributed by atoms with E-state index in [1.165, 1.54) is 0 Å². The minimum atomic E-state index is 0. The van der Waals surface area contributed by atoms with Crippen molar-refractivity contribution in [2.45, 2.75) is 6.54 Å². The summed E-state index contributed by atoms with van der Waals surface area (Å²) in [6.07, 6.45) is 0. The van der Waals surface area contributed by atoms with Crippen molar-refractivity contribution in [3.63, 3.8) is 0 Å². The molecule has 3 rings (SSSR count). The number of carbonyl (C=O) groups is 1. The van der Waals surface area contributed by atoms with Crippen LogP contribution in [0.25, 0.3) is 0 Å². The first-order valence-corrected chi connectivity index (χ1v) is 8.02. The Morgan fingerprint density at radius 1 is 0.720 bits per heavy atom. The van der Waals surface area contributed by atoms with Crippen LogP contribution < -0.4 is 10.2 Å². The van der Waals surface area contributed by atoms with Crippen molar-refractivity contribution >= 4 is 29.7 Å². The third kappa shape index (κ3) is 5.18. The lowest BCUT2D eigenvalue weighted by molar-refractivity contribution is -0.117. The molecule has 3 aromatic carbocycles. The molecule has 0 spiro atoms. The van der Waals surface area contributed by atoms with E-state index in [9.17, 15) is 4.79 Å². The van der Waals surface area contributed by atoms with Crippen molar-refractivity contribution in [3.8, 4) is 0 Å². The molecule has 1 amide bonds. The molecule has 0 fully saturated rings. The van der Waals surface area contributed by atoms with Gasteiger partial charge >= 0.3 is 0 Å². The number of halogens is 1. The van der Waals surface area contributed by atoms with E-state index in [2.05, 4.69) is 5.32 Å². The van der Waals surface area contributed by atoms with Gasteiger partial charge in [0.2, 0.25) is 5.91 Å². The van der Waals surface area contributed by atoms with E-state index >= 15 is 0 Å². The molecule has 0 aliphatic rings. The van der Waals surface area contributed by atoms with Gasteiger partial charge < -0.3 is 5.32 Å². The number of nitrogens with zero attached hydrogens (tertiary/aromatic N) is 1. The maximum absolute atomic E-state index is 12.8. The van der Waals surface area contributed by atoms with Crippen molar-refractivity contribution in [2.24, 2.45) is 0 Å². The van der Waals surface area contributed by atoms with E-state index in [0.29, 0.717) is 6.54 Å². The van der Waals surface area contributed by atoms with Gasteiger partial charge in [0.25, 0.3) is 0 Å². The summed E-state index contributed by atoms with van der Waals surface area (Å²) < 4.78 is 0. The van der Waals surface area contributed by atoms with E-state index in [1.54, 1.807) is 4.90 Å². The Kier molecular flexibility index (Phi) is 7.20. The smallest absolute Gasteiger partial charge is 0.245 e. The molecular weight excluding hydrogens is 332 g/mol. The van der Waals surface area contributed by atoms with Crippen LogP contribution >= 0.6 is 12.4 Å². The Morgan fingerprint density at radius 3 is 1.64 bits per heavy atom. The largest absolute Gasteiger partial charge is 0.304 e. The second-order valence-electron chi connectivity index (χ2n) is 5.49. The Labute approximate surface area is 154 Å². The molecule has 3 nitrogen and oxygen atoms in total. The lowest BCUT2D eigenvalue weighted by Crippen LogP contribution is -2.35. The number of nitrogens with one attached hydrogen (secondary N) is 1. The van der Waals surface area contributed by atoms with Crippen molar-refractivity contribution in [1.82, 2.24) is 5.32 Å². The van der Waals surface area contributed by atoms with Gasteiger partial charge in [0.1, 0.15) is 0 Å². The highest BCUT2D eigenvalue weighted by Crippen LogP contribution is 2.24. The molecule has 0 aliphatic carbocycles. The average molecular weight is 353 g/mol. The number of hydrogen-bond donors (Lipinski definition) is 1. The quantitative estimate of drug-likeness (QED) is 0.705. The summed E-state index contributed by atoms with van der Waals surface area (Å²) in [5.41, 5.74) is 2.90. The van der Waals surface area contributed by atoms with Crippen LogP contribution in [0.15, 0.2) is 91.0 Å². The summed E-state index contributed by atoms with van der Waals surface area (Å²) in [6, 6.07) is 29.5. The summed E-state index contributed by atoms with van der Waals surface area (Å²) in [7, 11) is 0. The van der Waals surface area contributed by atoms with Crippen LogP contribution in [0.5, 0.6) is 0 Å². The second kappa shape index (κ2) is 9.62. The number of para-hydroxylation sites is 2. The summed E-state index contributed by atoms with van der Waals surface area (Å²) in [6.45, 7) is 0.947. The molecule has 0 bridgehead atoms. The first-order chi connectivity index (χ1) is 11.8. The van der Waals surface area contributed by atoms with Crippen LogP contribution in [-0.2, 0) is 11.3 Å². The van der Waals surface area contributed by atoms with E-state index in [1.807, 2.05) is 91.0 Å². The zero-order valence-corrected chi connectivity index (χ0v) is 14.7. The Hall–Kier alpha value is -2.62. The molecular formula is C21H21ClN2O. The maximum Gasteiger partial charge on any atom is 0.245 e. The molecule has 0 unspecified atom stereocenters. The predicted octanol–water partition coefficient (Wildman–Crippen LogP) is 4.56. The van der Waals surface area contributed by atoms with Crippen molar-refractivity contribution in [1.29, 1.82) is 0 Å². The highest BCUT2D eigenvalue weighted by molar-refractivity contribution is 6.01. The van der Waals surface area contributed by atoms with Crippen LogP contribution in [0.2, 0.25) is 0 Å². The highest BCUT2D eigenvalue weighted by atomic mass is 35.5.